The van der Waals surface area contributed by atoms with E-state index in [4.69, 9.17) is 10.00 Å². The molecule has 160 valence electrons. The molecular formula is C24H21N5O3. The van der Waals surface area contributed by atoms with Crippen molar-refractivity contribution in [3.63, 3.8) is 0 Å². The zero-order valence-electron chi connectivity index (χ0n) is 17.6. The summed E-state index contributed by atoms with van der Waals surface area (Å²) < 4.78 is 5.12. The number of benzene rings is 1. The number of hydrogen-bond acceptors (Lipinski definition) is 8. The van der Waals surface area contributed by atoms with Gasteiger partial charge in [0.25, 0.3) is 0 Å². The number of aromatic nitrogens is 3. The lowest BCUT2D eigenvalue weighted by Gasteiger charge is -2.30. The lowest BCUT2D eigenvalue weighted by atomic mass is 9.95. The van der Waals surface area contributed by atoms with Gasteiger partial charge in [-0.1, -0.05) is 6.07 Å². The van der Waals surface area contributed by atoms with Gasteiger partial charge in [0.05, 0.1) is 22.9 Å². The van der Waals surface area contributed by atoms with Gasteiger partial charge in [-0.05, 0) is 36.2 Å². The van der Waals surface area contributed by atoms with Crippen LogP contribution in [0.2, 0.25) is 0 Å². The van der Waals surface area contributed by atoms with Gasteiger partial charge in [0.2, 0.25) is 0 Å². The fourth-order valence-electron chi connectivity index (χ4n) is 4.32. The highest BCUT2D eigenvalue weighted by molar-refractivity contribution is 5.93. The highest BCUT2D eigenvalue weighted by Gasteiger charge is 2.27. The molecule has 32 heavy (non-hydrogen) atoms. The van der Waals surface area contributed by atoms with Crippen LogP contribution in [0.25, 0.3) is 11.5 Å². The first-order valence-electron chi connectivity index (χ1n) is 10.4. The molecule has 0 bridgehead atoms. The minimum absolute atomic E-state index is 0.269. The molecule has 3 aromatic rings. The Morgan fingerprint density at radius 1 is 1.25 bits per heavy atom. The van der Waals surface area contributed by atoms with Gasteiger partial charge in [0.1, 0.15) is 18.4 Å². The van der Waals surface area contributed by atoms with Crippen molar-refractivity contribution in [2.24, 2.45) is 0 Å². The first kappa shape index (κ1) is 20.2. The van der Waals surface area contributed by atoms with Gasteiger partial charge in [-0.15, -0.1) is 0 Å². The lowest BCUT2D eigenvalue weighted by Crippen LogP contribution is -2.34. The summed E-state index contributed by atoms with van der Waals surface area (Å²) in [6, 6.07) is 9.08. The van der Waals surface area contributed by atoms with Crippen LogP contribution in [0.1, 0.15) is 50.0 Å². The molecule has 2 aromatic heterocycles. The number of nitriles is 1. The number of carbonyl (C=O) groups is 1. The van der Waals surface area contributed by atoms with Gasteiger partial charge in [0.15, 0.2) is 5.82 Å². The molecule has 0 saturated carbocycles. The number of esters is 1. The zero-order valence-corrected chi connectivity index (χ0v) is 17.6. The van der Waals surface area contributed by atoms with Crippen molar-refractivity contribution in [3.8, 4) is 17.6 Å². The number of fused-ring (bicyclic) bond motifs is 2. The van der Waals surface area contributed by atoms with E-state index in [1.165, 1.54) is 6.20 Å². The van der Waals surface area contributed by atoms with E-state index in [1.54, 1.807) is 18.2 Å². The highest BCUT2D eigenvalue weighted by Crippen LogP contribution is 2.30. The molecule has 2 aliphatic rings. The third kappa shape index (κ3) is 3.62. The molecule has 0 spiro atoms. The SMILES string of the molecule is Cc1c(C(O)CN2CCc3nc(-c4ccc(C#N)cn4)ncc3C2)ccc2c1COC2=O. The molecule has 1 atom stereocenters. The van der Waals surface area contributed by atoms with Crippen molar-refractivity contribution < 1.29 is 14.6 Å². The Labute approximate surface area is 185 Å². The predicted octanol–water partition coefficient (Wildman–Crippen LogP) is 2.48. The first-order valence-corrected chi connectivity index (χ1v) is 10.4. The summed E-state index contributed by atoms with van der Waals surface area (Å²) >= 11 is 0. The Hall–Kier alpha value is -3.67. The average molecular weight is 427 g/mol. The van der Waals surface area contributed by atoms with Crippen LogP contribution >= 0.6 is 0 Å². The first-order chi connectivity index (χ1) is 15.5. The number of aliphatic hydroxyl groups excluding tert-OH is 1. The van der Waals surface area contributed by atoms with Gasteiger partial charge in [-0.3, -0.25) is 9.88 Å². The van der Waals surface area contributed by atoms with Gasteiger partial charge < -0.3 is 9.84 Å². The maximum atomic E-state index is 11.8. The van der Waals surface area contributed by atoms with Crippen molar-refractivity contribution in [1.82, 2.24) is 19.9 Å². The maximum Gasteiger partial charge on any atom is 0.338 e. The monoisotopic (exact) mass is 427 g/mol. The molecule has 5 rings (SSSR count). The number of pyridine rings is 1. The Morgan fingerprint density at radius 2 is 2.12 bits per heavy atom. The summed E-state index contributed by atoms with van der Waals surface area (Å²) in [5, 5.41) is 19.8. The lowest BCUT2D eigenvalue weighted by molar-refractivity contribution is 0.0535. The Balaban J connectivity index is 1.30. The van der Waals surface area contributed by atoms with Crippen molar-refractivity contribution >= 4 is 5.97 Å². The fourth-order valence-corrected chi connectivity index (χ4v) is 4.32. The topological polar surface area (TPSA) is 112 Å². The Morgan fingerprint density at radius 3 is 2.91 bits per heavy atom. The van der Waals surface area contributed by atoms with Gasteiger partial charge in [-0.2, -0.15) is 5.26 Å². The normalized spacial score (nSPS) is 16.1. The summed E-state index contributed by atoms with van der Waals surface area (Å²) in [5.41, 5.74) is 6.36. The number of rotatable bonds is 4. The Kier molecular flexibility index (Phi) is 5.13. The minimum Gasteiger partial charge on any atom is -0.457 e. The quantitative estimate of drug-likeness (QED) is 0.632. The second kappa shape index (κ2) is 8.11. The number of ether oxygens (including phenoxy) is 1. The van der Waals surface area contributed by atoms with Crippen molar-refractivity contribution in [2.75, 3.05) is 13.1 Å². The molecule has 0 saturated heterocycles. The Bertz CT molecular complexity index is 1250. The minimum atomic E-state index is -0.666. The van der Waals surface area contributed by atoms with Gasteiger partial charge in [-0.25, -0.2) is 14.8 Å². The summed E-state index contributed by atoms with van der Waals surface area (Å²) in [6.45, 7) is 4.10. The molecule has 0 aliphatic carbocycles. The van der Waals surface area contributed by atoms with Crippen LogP contribution in [-0.2, 0) is 24.3 Å². The van der Waals surface area contributed by atoms with Crippen molar-refractivity contribution in [2.45, 2.75) is 32.6 Å². The van der Waals surface area contributed by atoms with E-state index >= 15 is 0 Å². The predicted molar refractivity (Wildman–Crippen MR) is 114 cm³/mol. The maximum absolute atomic E-state index is 11.8. The fraction of sp³-hybridized carbons (Fsp3) is 0.292. The molecule has 1 aromatic carbocycles. The van der Waals surface area contributed by atoms with Crippen LogP contribution in [-0.4, -0.2) is 44.0 Å². The number of β-amino-alcohol motifs (C(OH)–C–C–N with tert-alkyl or cyclic N) is 1. The molecule has 8 nitrogen and oxygen atoms in total. The van der Waals surface area contributed by atoms with Crippen LogP contribution < -0.4 is 0 Å². The smallest absolute Gasteiger partial charge is 0.338 e. The van der Waals surface area contributed by atoms with Crippen LogP contribution in [0, 0.1) is 18.3 Å². The van der Waals surface area contributed by atoms with E-state index in [0.717, 1.165) is 40.9 Å². The zero-order chi connectivity index (χ0) is 22.2. The van der Waals surface area contributed by atoms with Crippen LogP contribution in [0.3, 0.4) is 0 Å². The highest BCUT2D eigenvalue weighted by atomic mass is 16.5. The number of hydrogen-bond donors (Lipinski definition) is 1. The summed E-state index contributed by atoms with van der Waals surface area (Å²) in [4.78, 5) is 27.4. The van der Waals surface area contributed by atoms with Crippen LogP contribution in [0.15, 0.2) is 36.7 Å². The average Bonchev–Trinajstić information content (AvgIpc) is 3.20. The summed E-state index contributed by atoms with van der Waals surface area (Å²) in [7, 11) is 0. The van der Waals surface area contributed by atoms with Crippen molar-refractivity contribution in [1.29, 1.82) is 5.26 Å². The molecule has 1 N–H and O–H groups in total. The van der Waals surface area contributed by atoms with E-state index < -0.39 is 6.10 Å². The van der Waals surface area contributed by atoms with E-state index in [-0.39, 0.29) is 12.6 Å². The van der Waals surface area contributed by atoms with Gasteiger partial charge >= 0.3 is 5.97 Å². The summed E-state index contributed by atoms with van der Waals surface area (Å²) in [6.07, 6.45) is 3.42. The third-order valence-corrected chi connectivity index (χ3v) is 6.13. The number of aliphatic hydroxyl groups is 1. The van der Waals surface area contributed by atoms with Gasteiger partial charge in [0, 0.05) is 49.6 Å². The number of cyclic esters (lactones) is 1. The molecule has 8 heteroatoms. The number of carbonyl (C=O) groups excluding carboxylic acids is 1. The summed E-state index contributed by atoms with van der Waals surface area (Å²) in [5.74, 6) is 0.250. The standard InChI is InChI=1S/C24H21N5O3/c1-14-17(3-4-18-19(14)13-32-24(18)31)22(30)12-29-7-6-20-16(11-29)10-27-23(28-20)21-5-2-15(8-25)9-26-21/h2-5,9-10,22,30H,6-7,11-13H2,1H3. The van der Waals surface area contributed by atoms with Crippen LogP contribution in [0.4, 0.5) is 0 Å². The molecule has 1 unspecified atom stereocenters. The van der Waals surface area contributed by atoms with E-state index in [2.05, 4.69) is 25.9 Å². The van der Waals surface area contributed by atoms with E-state index in [0.29, 0.717) is 35.7 Å². The molecule has 0 amide bonds. The largest absolute Gasteiger partial charge is 0.457 e. The second-order valence-electron chi connectivity index (χ2n) is 8.09. The molecule has 4 heterocycles. The van der Waals surface area contributed by atoms with Crippen molar-refractivity contribution in [3.05, 3.63) is 75.7 Å². The molecular weight excluding hydrogens is 406 g/mol. The third-order valence-electron chi connectivity index (χ3n) is 6.13. The van der Waals surface area contributed by atoms with E-state index in [9.17, 15) is 9.90 Å². The van der Waals surface area contributed by atoms with Crippen LogP contribution in [0.5, 0.6) is 0 Å². The molecule has 2 aliphatic heterocycles. The molecule has 0 fully saturated rings. The van der Waals surface area contributed by atoms with E-state index in [1.807, 2.05) is 19.2 Å². The molecule has 0 radical (unpaired) electrons. The number of nitrogens with zero attached hydrogens (tertiary/aromatic N) is 5. The second-order valence-corrected chi connectivity index (χ2v) is 8.09.